The summed E-state index contributed by atoms with van der Waals surface area (Å²) in [4.78, 5) is 16.6. The molecule has 2 amide bonds. The molecule has 0 fully saturated rings. The average Bonchev–Trinajstić information content (AvgIpc) is 3.02. The van der Waals surface area contributed by atoms with Crippen LogP contribution in [0.2, 0.25) is 0 Å². The summed E-state index contributed by atoms with van der Waals surface area (Å²) in [7, 11) is 0. The predicted octanol–water partition coefficient (Wildman–Crippen LogP) is 2.62. The van der Waals surface area contributed by atoms with Crippen LogP contribution in [0.15, 0.2) is 30.5 Å². The Labute approximate surface area is 142 Å². The summed E-state index contributed by atoms with van der Waals surface area (Å²) in [5.41, 5.74) is 1.88. The Hall–Kier alpha value is -2.50. The molecule has 1 aromatic carbocycles. The molecule has 0 spiro atoms. The van der Waals surface area contributed by atoms with Crippen LogP contribution in [-0.4, -0.2) is 22.2 Å². The van der Waals surface area contributed by atoms with E-state index in [1.165, 1.54) is 12.8 Å². The number of aromatic nitrogens is 2. The number of rotatable bonds is 6. The number of amides is 2. The molecule has 0 aliphatic carbocycles. The van der Waals surface area contributed by atoms with Crippen molar-refractivity contribution in [2.75, 3.05) is 6.61 Å². The van der Waals surface area contributed by atoms with Crippen molar-refractivity contribution in [3.8, 4) is 5.75 Å². The van der Waals surface area contributed by atoms with Crippen LogP contribution in [0.1, 0.15) is 36.8 Å². The lowest BCUT2D eigenvalue weighted by atomic mass is 10.2. The molecule has 0 saturated heterocycles. The summed E-state index contributed by atoms with van der Waals surface area (Å²) < 4.78 is 7.75. The van der Waals surface area contributed by atoms with E-state index in [1.807, 2.05) is 37.4 Å². The number of ether oxygens (including phenoxy) is 1. The average molecular weight is 328 g/mol. The molecule has 3 rings (SSSR count). The van der Waals surface area contributed by atoms with Gasteiger partial charge in [-0.3, -0.25) is 0 Å². The van der Waals surface area contributed by atoms with E-state index in [1.54, 1.807) is 0 Å². The standard InChI is InChI=1S/C18H24N4O2/c1-2-24-16-8-4-3-7-14(16)11-19-18(23)20-12-15-13-22-10-6-5-9-17(22)21-15/h3-4,7-8,13H,2,5-6,9-12H2,1H3,(H2,19,20,23). The second-order valence-electron chi connectivity index (χ2n) is 5.88. The molecule has 0 saturated carbocycles. The minimum atomic E-state index is -0.202. The normalized spacial score (nSPS) is 13.2. The number of nitrogens with zero attached hydrogens (tertiary/aromatic N) is 2. The zero-order valence-corrected chi connectivity index (χ0v) is 14.0. The minimum absolute atomic E-state index is 0.202. The van der Waals surface area contributed by atoms with Gasteiger partial charge in [-0.15, -0.1) is 0 Å². The van der Waals surface area contributed by atoms with Gasteiger partial charge in [0.1, 0.15) is 11.6 Å². The molecule has 2 aromatic rings. The zero-order chi connectivity index (χ0) is 16.8. The van der Waals surface area contributed by atoms with Gasteiger partial charge in [-0.1, -0.05) is 18.2 Å². The summed E-state index contributed by atoms with van der Waals surface area (Å²) in [5, 5.41) is 5.73. The predicted molar refractivity (Wildman–Crippen MR) is 91.9 cm³/mol. The second-order valence-corrected chi connectivity index (χ2v) is 5.88. The van der Waals surface area contributed by atoms with Crippen molar-refractivity contribution < 1.29 is 9.53 Å². The number of hydrogen-bond acceptors (Lipinski definition) is 3. The maximum atomic E-state index is 12.0. The molecule has 1 aromatic heterocycles. The second kappa shape index (κ2) is 7.86. The third-order valence-electron chi connectivity index (χ3n) is 4.10. The van der Waals surface area contributed by atoms with Crippen molar-refractivity contribution in [2.24, 2.45) is 0 Å². The van der Waals surface area contributed by atoms with Gasteiger partial charge < -0.3 is 19.9 Å². The summed E-state index contributed by atoms with van der Waals surface area (Å²) in [6.45, 7) is 4.46. The molecule has 0 unspecified atom stereocenters. The molecule has 2 heterocycles. The molecule has 24 heavy (non-hydrogen) atoms. The van der Waals surface area contributed by atoms with Crippen LogP contribution in [0.3, 0.4) is 0 Å². The highest BCUT2D eigenvalue weighted by Crippen LogP contribution is 2.17. The maximum absolute atomic E-state index is 12.0. The quantitative estimate of drug-likeness (QED) is 0.856. The van der Waals surface area contributed by atoms with Crippen molar-refractivity contribution in [1.29, 1.82) is 0 Å². The van der Waals surface area contributed by atoms with Gasteiger partial charge >= 0.3 is 6.03 Å². The number of hydrogen-bond donors (Lipinski definition) is 2. The highest BCUT2D eigenvalue weighted by Gasteiger charge is 2.12. The van der Waals surface area contributed by atoms with E-state index in [0.29, 0.717) is 19.7 Å². The van der Waals surface area contributed by atoms with E-state index in [-0.39, 0.29) is 6.03 Å². The molecule has 0 bridgehead atoms. The molecule has 0 atom stereocenters. The van der Waals surface area contributed by atoms with E-state index >= 15 is 0 Å². The first-order valence-electron chi connectivity index (χ1n) is 8.53. The smallest absolute Gasteiger partial charge is 0.315 e. The first-order chi connectivity index (χ1) is 11.8. The molecule has 1 aliphatic heterocycles. The van der Waals surface area contributed by atoms with Crippen LogP contribution in [0, 0.1) is 0 Å². The highest BCUT2D eigenvalue weighted by molar-refractivity contribution is 5.73. The van der Waals surface area contributed by atoms with Crippen LogP contribution >= 0.6 is 0 Å². The Morgan fingerprint density at radius 3 is 2.92 bits per heavy atom. The van der Waals surface area contributed by atoms with Crippen LogP contribution < -0.4 is 15.4 Å². The molecule has 128 valence electrons. The monoisotopic (exact) mass is 328 g/mol. The van der Waals surface area contributed by atoms with Gasteiger partial charge in [0.25, 0.3) is 0 Å². The Kier molecular flexibility index (Phi) is 5.36. The zero-order valence-electron chi connectivity index (χ0n) is 14.0. The van der Waals surface area contributed by atoms with Crippen molar-refractivity contribution in [3.63, 3.8) is 0 Å². The summed E-state index contributed by atoms with van der Waals surface area (Å²) in [6.07, 6.45) is 5.47. The topological polar surface area (TPSA) is 68.2 Å². The van der Waals surface area contributed by atoms with Crippen LogP contribution in [-0.2, 0) is 26.1 Å². The summed E-state index contributed by atoms with van der Waals surface area (Å²) in [6, 6.07) is 7.53. The Morgan fingerprint density at radius 2 is 2.08 bits per heavy atom. The van der Waals surface area contributed by atoms with E-state index in [4.69, 9.17) is 4.74 Å². The number of aryl methyl sites for hydroxylation is 2. The highest BCUT2D eigenvalue weighted by atomic mass is 16.5. The summed E-state index contributed by atoms with van der Waals surface area (Å²) >= 11 is 0. The van der Waals surface area contributed by atoms with Crippen LogP contribution in [0.4, 0.5) is 4.79 Å². The van der Waals surface area contributed by atoms with Gasteiger partial charge in [0, 0.05) is 31.3 Å². The minimum Gasteiger partial charge on any atom is -0.494 e. The SMILES string of the molecule is CCOc1ccccc1CNC(=O)NCc1cn2c(n1)CCCC2. The molecular formula is C18H24N4O2. The maximum Gasteiger partial charge on any atom is 0.315 e. The lowest BCUT2D eigenvalue weighted by molar-refractivity contribution is 0.240. The molecular weight excluding hydrogens is 304 g/mol. The number of urea groups is 1. The first-order valence-corrected chi connectivity index (χ1v) is 8.53. The molecule has 2 N–H and O–H groups in total. The number of carbonyl (C=O) groups excluding carboxylic acids is 1. The Bertz CT molecular complexity index is 673. The number of carbonyl (C=O) groups is 1. The van der Waals surface area contributed by atoms with E-state index in [0.717, 1.165) is 35.8 Å². The lowest BCUT2D eigenvalue weighted by Gasteiger charge is -2.11. The molecule has 6 nitrogen and oxygen atoms in total. The van der Waals surface area contributed by atoms with Crippen LogP contribution in [0.5, 0.6) is 5.75 Å². The van der Waals surface area contributed by atoms with Crippen molar-refractivity contribution >= 4 is 6.03 Å². The Morgan fingerprint density at radius 1 is 1.25 bits per heavy atom. The lowest BCUT2D eigenvalue weighted by Crippen LogP contribution is -2.34. The van der Waals surface area contributed by atoms with Crippen molar-refractivity contribution in [2.45, 2.75) is 45.8 Å². The molecule has 6 heteroatoms. The third kappa shape index (κ3) is 4.07. The summed E-state index contributed by atoms with van der Waals surface area (Å²) in [5.74, 6) is 1.94. The molecule has 1 aliphatic rings. The number of para-hydroxylation sites is 1. The van der Waals surface area contributed by atoms with E-state index in [9.17, 15) is 4.79 Å². The van der Waals surface area contributed by atoms with Gasteiger partial charge in [-0.05, 0) is 25.8 Å². The fourth-order valence-electron chi connectivity index (χ4n) is 2.91. The van der Waals surface area contributed by atoms with Gasteiger partial charge in [-0.25, -0.2) is 9.78 Å². The number of fused-ring (bicyclic) bond motifs is 1. The van der Waals surface area contributed by atoms with E-state index < -0.39 is 0 Å². The number of benzene rings is 1. The van der Waals surface area contributed by atoms with Crippen molar-refractivity contribution in [3.05, 3.63) is 47.5 Å². The van der Waals surface area contributed by atoms with Gasteiger partial charge in [-0.2, -0.15) is 0 Å². The fraction of sp³-hybridized carbons (Fsp3) is 0.444. The van der Waals surface area contributed by atoms with E-state index in [2.05, 4.69) is 20.2 Å². The van der Waals surface area contributed by atoms with Gasteiger partial charge in [0.15, 0.2) is 0 Å². The van der Waals surface area contributed by atoms with Gasteiger partial charge in [0.2, 0.25) is 0 Å². The largest absolute Gasteiger partial charge is 0.494 e. The van der Waals surface area contributed by atoms with Gasteiger partial charge in [0.05, 0.1) is 18.8 Å². The number of nitrogens with one attached hydrogen (secondary N) is 2. The number of imidazole rings is 1. The third-order valence-corrected chi connectivity index (χ3v) is 4.10. The first kappa shape index (κ1) is 16.4. The fourth-order valence-corrected chi connectivity index (χ4v) is 2.91. The Balaban J connectivity index is 1.48. The van der Waals surface area contributed by atoms with Crippen molar-refractivity contribution in [1.82, 2.24) is 20.2 Å². The van der Waals surface area contributed by atoms with Crippen LogP contribution in [0.25, 0.3) is 0 Å². The molecule has 0 radical (unpaired) electrons.